The fraction of sp³-hybridized carbons (Fsp3) is 0.176. The summed E-state index contributed by atoms with van der Waals surface area (Å²) in [6, 6.07) is 15.6. The number of hydrogen-bond donors (Lipinski definition) is 4. The molecule has 0 bridgehead atoms. The Morgan fingerprint density at radius 3 is 2.00 bits per heavy atom. The number of likely N-dealkylation sites (N-methyl/N-ethyl adjacent to an activating group) is 1. The summed E-state index contributed by atoms with van der Waals surface area (Å²) in [4.78, 5) is 23.0. The third kappa shape index (κ3) is 4.55. The van der Waals surface area contributed by atoms with E-state index in [2.05, 4.69) is 10.6 Å². The number of amides is 2. The molecule has 0 aromatic heterocycles. The first-order valence-corrected chi connectivity index (χ1v) is 7.23. The van der Waals surface area contributed by atoms with E-state index in [1.807, 2.05) is 30.3 Å². The van der Waals surface area contributed by atoms with E-state index < -0.39 is 24.0 Å². The second kappa shape index (κ2) is 8.09. The number of nitrogens with one attached hydrogen (secondary N) is 2. The van der Waals surface area contributed by atoms with Crippen molar-refractivity contribution in [3.05, 3.63) is 54.6 Å². The van der Waals surface area contributed by atoms with E-state index in [0.29, 0.717) is 17.2 Å². The molecule has 0 aliphatic carbocycles. The smallest absolute Gasteiger partial charge is 0.256 e. The molecule has 7 heteroatoms. The number of ether oxygens (including phenoxy) is 1. The Kier molecular flexibility index (Phi) is 5.89. The van der Waals surface area contributed by atoms with E-state index in [-0.39, 0.29) is 0 Å². The lowest BCUT2D eigenvalue weighted by molar-refractivity contribution is -0.142. The maximum Gasteiger partial charge on any atom is 0.256 e. The summed E-state index contributed by atoms with van der Waals surface area (Å²) in [6.45, 7) is 0. The van der Waals surface area contributed by atoms with Gasteiger partial charge in [0.25, 0.3) is 11.8 Å². The van der Waals surface area contributed by atoms with Crippen LogP contribution in [-0.4, -0.2) is 41.3 Å². The van der Waals surface area contributed by atoms with Crippen LogP contribution < -0.4 is 15.4 Å². The molecule has 0 saturated carbocycles. The van der Waals surface area contributed by atoms with Crippen molar-refractivity contribution in [3.8, 4) is 11.5 Å². The van der Waals surface area contributed by atoms with Gasteiger partial charge in [0, 0.05) is 12.7 Å². The molecule has 2 amide bonds. The van der Waals surface area contributed by atoms with Gasteiger partial charge in [-0.05, 0) is 36.4 Å². The summed E-state index contributed by atoms with van der Waals surface area (Å²) in [5.41, 5.74) is 0.392. The molecule has 2 atom stereocenters. The highest BCUT2D eigenvalue weighted by atomic mass is 16.5. The van der Waals surface area contributed by atoms with Gasteiger partial charge in [0.1, 0.15) is 11.5 Å². The molecule has 0 radical (unpaired) electrons. The summed E-state index contributed by atoms with van der Waals surface area (Å²) in [7, 11) is 1.29. The van der Waals surface area contributed by atoms with Crippen molar-refractivity contribution >= 4 is 17.5 Å². The number of aliphatic hydroxyl groups is 2. The van der Waals surface area contributed by atoms with Gasteiger partial charge in [0.2, 0.25) is 0 Å². The van der Waals surface area contributed by atoms with E-state index in [9.17, 15) is 19.8 Å². The van der Waals surface area contributed by atoms with Gasteiger partial charge < -0.3 is 25.6 Å². The SMILES string of the molecule is CNC(=O)[C@H](O)[C@@H](O)C(=O)Nc1ccc(Oc2ccccc2)cc1. The van der Waals surface area contributed by atoms with E-state index in [1.165, 1.54) is 7.05 Å². The minimum Gasteiger partial charge on any atom is -0.457 e. The third-order valence-corrected chi connectivity index (χ3v) is 3.18. The zero-order valence-corrected chi connectivity index (χ0v) is 13.0. The summed E-state index contributed by atoms with van der Waals surface area (Å²) in [5, 5.41) is 23.7. The average Bonchev–Trinajstić information content (AvgIpc) is 2.62. The minimum atomic E-state index is -1.87. The van der Waals surface area contributed by atoms with Crippen LogP contribution in [0.2, 0.25) is 0 Å². The monoisotopic (exact) mass is 330 g/mol. The van der Waals surface area contributed by atoms with Crippen molar-refractivity contribution in [3.63, 3.8) is 0 Å². The third-order valence-electron chi connectivity index (χ3n) is 3.18. The molecule has 2 rings (SSSR count). The minimum absolute atomic E-state index is 0.392. The van der Waals surface area contributed by atoms with E-state index in [1.54, 1.807) is 24.3 Å². The van der Waals surface area contributed by atoms with Gasteiger partial charge in [-0.2, -0.15) is 0 Å². The van der Waals surface area contributed by atoms with Crippen LogP contribution in [-0.2, 0) is 9.59 Å². The van der Waals surface area contributed by atoms with Crippen LogP contribution in [0, 0.1) is 0 Å². The molecule has 24 heavy (non-hydrogen) atoms. The van der Waals surface area contributed by atoms with Crippen LogP contribution >= 0.6 is 0 Å². The van der Waals surface area contributed by atoms with Crippen LogP contribution in [0.4, 0.5) is 5.69 Å². The lowest BCUT2D eigenvalue weighted by atomic mass is 10.1. The maximum atomic E-state index is 11.8. The van der Waals surface area contributed by atoms with Crippen LogP contribution in [0.25, 0.3) is 0 Å². The quantitative estimate of drug-likeness (QED) is 0.629. The zero-order valence-electron chi connectivity index (χ0n) is 13.0. The fourth-order valence-electron chi connectivity index (χ4n) is 1.88. The Morgan fingerprint density at radius 2 is 1.42 bits per heavy atom. The molecule has 0 unspecified atom stereocenters. The van der Waals surface area contributed by atoms with E-state index in [0.717, 1.165) is 0 Å². The molecular weight excluding hydrogens is 312 g/mol. The highest BCUT2D eigenvalue weighted by molar-refractivity contribution is 5.98. The van der Waals surface area contributed by atoms with Gasteiger partial charge in [-0.3, -0.25) is 9.59 Å². The summed E-state index contributed by atoms with van der Waals surface area (Å²) < 4.78 is 5.61. The second-order valence-electron chi connectivity index (χ2n) is 4.93. The highest BCUT2D eigenvalue weighted by Crippen LogP contribution is 2.22. The number of para-hydroxylation sites is 1. The van der Waals surface area contributed by atoms with Crippen molar-refractivity contribution in [1.29, 1.82) is 0 Å². The molecule has 7 nitrogen and oxygen atoms in total. The average molecular weight is 330 g/mol. The fourth-order valence-corrected chi connectivity index (χ4v) is 1.88. The first kappa shape index (κ1) is 17.5. The lowest BCUT2D eigenvalue weighted by Gasteiger charge is -2.16. The maximum absolute atomic E-state index is 11.8. The summed E-state index contributed by atoms with van der Waals surface area (Å²) in [5.74, 6) is -0.476. The Balaban J connectivity index is 1.96. The number of aliphatic hydroxyl groups excluding tert-OH is 2. The van der Waals surface area contributed by atoms with Crippen molar-refractivity contribution in [2.45, 2.75) is 12.2 Å². The van der Waals surface area contributed by atoms with E-state index in [4.69, 9.17) is 4.74 Å². The Morgan fingerprint density at radius 1 is 0.875 bits per heavy atom. The Bertz CT molecular complexity index is 688. The zero-order chi connectivity index (χ0) is 17.5. The van der Waals surface area contributed by atoms with Crippen molar-refractivity contribution < 1.29 is 24.5 Å². The molecule has 0 heterocycles. The van der Waals surface area contributed by atoms with Gasteiger partial charge in [-0.25, -0.2) is 0 Å². The normalized spacial score (nSPS) is 12.8. The number of hydrogen-bond acceptors (Lipinski definition) is 5. The molecule has 0 fully saturated rings. The number of carbonyl (C=O) groups is 2. The molecule has 126 valence electrons. The molecule has 0 aliphatic rings. The van der Waals surface area contributed by atoms with Gasteiger partial charge in [0.15, 0.2) is 12.2 Å². The summed E-state index contributed by atoms with van der Waals surface area (Å²) >= 11 is 0. The lowest BCUT2D eigenvalue weighted by Crippen LogP contribution is -2.46. The molecule has 2 aromatic rings. The van der Waals surface area contributed by atoms with Crippen LogP contribution in [0.3, 0.4) is 0 Å². The van der Waals surface area contributed by atoms with Crippen LogP contribution in [0.5, 0.6) is 11.5 Å². The van der Waals surface area contributed by atoms with Gasteiger partial charge >= 0.3 is 0 Å². The predicted octanol–water partition coefficient (Wildman–Crippen LogP) is 0.885. The largest absolute Gasteiger partial charge is 0.457 e. The Labute approximate surface area is 138 Å². The molecule has 0 spiro atoms. The van der Waals surface area contributed by atoms with Crippen molar-refractivity contribution in [2.75, 3.05) is 12.4 Å². The number of carbonyl (C=O) groups excluding carboxylic acids is 2. The van der Waals surface area contributed by atoms with Gasteiger partial charge in [-0.15, -0.1) is 0 Å². The van der Waals surface area contributed by atoms with Crippen molar-refractivity contribution in [2.24, 2.45) is 0 Å². The standard InChI is InChI=1S/C17H18N2O5/c1-18-16(22)14(20)15(21)17(23)19-11-7-9-13(10-8-11)24-12-5-3-2-4-6-12/h2-10,14-15,20-21H,1H3,(H,18,22)(H,19,23)/t14-,15-/m1/s1. The molecule has 2 aromatic carbocycles. The Hall–Kier alpha value is -2.90. The second-order valence-corrected chi connectivity index (χ2v) is 4.93. The topological polar surface area (TPSA) is 108 Å². The van der Waals surface area contributed by atoms with Gasteiger partial charge in [-0.1, -0.05) is 18.2 Å². The number of benzene rings is 2. The van der Waals surface area contributed by atoms with Crippen molar-refractivity contribution in [1.82, 2.24) is 5.32 Å². The molecular formula is C17H18N2O5. The number of rotatable bonds is 6. The first-order valence-electron chi connectivity index (χ1n) is 7.23. The summed E-state index contributed by atoms with van der Waals surface area (Å²) in [6.07, 6.45) is -3.71. The highest BCUT2D eigenvalue weighted by Gasteiger charge is 2.29. The van der Waals surface area contributed by atoms with Crippen LogP contribution in [0.15, 0.2) is 54.6 Å². The predicted molar refractivity (Wildman–Crippen MR) is 87.7 cm³/mol. The van der Waals surface area contributed by atoms with E-state index >= 15 is 0 Å². The molecule has 0 aliphatic heterocycles. The van der Waals surface area contributed by atoms with Crippen LogP contribution in [0.1, 0.15) is 0 Å². The number of anilines is 1. The molecule has 0 saturated heterocycles. The first-order chi connectivity index (χ1) is 11.5. The van der Waals surface area contributed by atoms with Gasteiger partial charge in [0.05, 0.1) is 0 Å². The molecule has 4 N–H and O–H groups in total.